The summed E-state index contributed by atoms with van der Waals surface area (Å²) in [6, 6.07) is 9.91. The Hall–Kier alpha value is -1.35. The van der Waals surface area contributed by atoms with Crippen LogP contribution in [-0.4, -0.2) is 37.0 Å². The molecule has 0 bridgehead atoms. The largest absolute Gasteiger partial charge is 0.310 e. The quantitative estimate of drug-likeness (QED) is 0.771. The number of carbonyl (C=O) groups is 1. The van der Waals surface area contributed by atoms with Crippen molar-refractivity contribution in [1.82, 2.24) is 4.90 Å². The fourth-order valence-corrected chi connectivity index (χ4v) is 2.11. The third-order valence-corrected chi connectivity index (χ3v) is 2.91. The minimum Gasteiger partial charge on any atom is -0.310 e. The van der Waals surface area contributed by atoms with E-state index in [1.165, 1.54) is 0 Å². The molecule has 0 saturated carbocycles. The number of amides is 1. The minimum atomic E-state index is 0.214. The van der Waals surface area contributed by atoms with Gasteiger partial charge in [-0.25, -0.2) is 0 Å². The fourth-order valence-electron chi connectivity index (χ4n) is 2.11. The molecule has 0 radical (unpaired) electrons. The van der Waals surface area contributed by atoms with Crippen LogP contribution in [0.2, 0.25) is 0 Å². The average Bonchev–Trinajstić information content (AvgIpc) is 2.31. The minimum absolute atomic E-state index is 0.214. The van der Waals surface area contributed by atoms with Crippen LogP contribution in [0, 0.1) is 0 Å². The van der Waals surface area contributed by atoms with Crippen molar-refractivity contribution >= 4 is 11.6 Å². The standard InChI is InChI=1S/C13H18N2O/c1-2-8-14-9-10-15(13(16)11-14)12-6-4-3-5-7-12/h3-7H,2,8-11H2,1H3. The summed E-state index contributed by atoms with van der Waals surface area (Å²) in [7, 11) is 0. The maximum atomic E-state index is 12.0. The second-order valence-electron chi connectivity index (χ2n) is 4.16. The first-order chi connectivity index (χ1) is 7.81. The van der Waals surface area contributed by atoms with Crippen molar-refractivity contribution in [3.05, 3.63) is 30.3 Å². The third kappa shape index (κ3) is 2.42. The lowest BCUT2D eigenvalue weighted by molar-refractivity contribution is -0.121. The van der Waals surface area contributed by atoms with Gasteiger partial charge in [-0.2, -0.15) is 0 Å². The van der Waals surface area contributed by atoms with E-state index in [1.807, 2.05) is 35.2 Å². The molecule has 0 aliphatic carbocycles. The molecule has 3 heteroatoms. The summed E-state index contributed by atoms with van der Waals surface area (Å²) in [5, 5.41) is 0. The summed E-state index contributed by atoms with van der Waals surface area (Å²) in [4.78, 5) is 16.1. The van der Waals surface area contributed by atoms with Crippen LogP contribution >= 0.6 is 0 Å². The topological polar surface area (TPSA) is 23.6 Å². The van der Waals surface area contributed by atoms with E-state index in [0.717, 1.165) is 31.7 Å². The van der Waals surface area contributed by atoms with Gasteiger partial charge in [0, 0.05) is 18.8 Å². The molecule has 1 saturated heterocycles. The predicted octanol–water partition coefficient (Wildman–Crippen LogP) is 1.75. The second kappa shape index (κ2) is 5.12. The van der Waals surface area contributed by atoms with Crippen molar-refractivity contribution in [2.45, 2.75) is 13.3 Å². The SMILES string of the molecule is CCCN1CCN(c2ccccc2)C(=O)C1. The Labute approximate surface area is 96.7 Å². The van der Waals surface area contributed by atoms with E-state index in [1.54, 1.807) is 0 Å². The maximum absolute atomic E-state index is 12.0. The molecule has 0 atom stereocenters. The molecule has 16 heavy (non-hydrogen) atoms. The lowest BCUT2D eigenvalue weighted by Gasteiger charge is -2.34. The number of carbonyl (C=O) groups excluding carboxylic acids is 1. The van der Waals surface area contributed by atoms with Gasteiger partial charge in [0.05, 0.1) is 6.54 Å². The van der Waals surface area contributed by atoms with Crippen LogP contribution < -0.4 is 4.90 Å². The van der Waals surface area contributed by atoms with Gasteiger partial charge in [-0.15, -0.1) is 0 Å². The van der Waals surface area contributed by atoms with Gasteiger partial charge in [0.1, 0.15) is 0 Å². The normalized spacial score (nSPS) is 17.8. The molecule has 1 aromatic carbocycles. The third-order valence-electron chi connectivity index (χ3n) is 2.91. The molecule has 3 nitrogen and oxygen atoms in total. The van der Waals surface area contributed by atoms with E-state index in [9.17, 15) is 4.79 Å². The number of nitrogens with zero attached hydrogens (tertiary/aromatic N) is 2. The molecule has 1 aliphatic rings. The summed E-state index contributed by atoms with van der Waals surface area (Å²) in [6.07, 6.45) is 1.11. The summed E-state index contributed by atoms with van der Waals surface area (Å²) in [5.41, 5.74) is 1.02. The summed E-state index contributed by atoms with van der Waals surface area (Å²) in [5.74, 6) is 0.214. The molecule has 1 amide bonds. The maximum Gasteiger partial charge on any atom is 0.241 e. The summed E-state index contributed by atoms with van der Waals surface area (Å²) < 4.78 is 0. The highest BCUT2D eigenvalue weighted by Crippen LogP contribution is 2.16. The van der Waals surface area contributed by atoms with Crippen molar-refractivity contribution in [1.29, 1.82) is 0 Å². The van der Waals surface area contributed by atoms with Gasteiger partial charge in [0.25, 0.3) is 0 Å². The van der Waals surface area contributed by atoms with Crippen molar-refractivity contribution in [3.8, 4) is 0 Å². The molecule has 86 valence electrons. The van der Waals surface area contributed by atoms with E-state index in [4.69, 9.17) is 0 Å². The first-order valence-electron chi connectivity index (χ1n) is 5.89. The zero-order valence-electron chi connectivity index (χ0n) is 9.72. The Morgan fingerprint density at radius 3 is 2.56 bits per heavy atom. The average molecular weight is 218 g/mol. The Bertz CT molecular complexity index is 350. The van der Waals surface area contributed by atoms with Crippen LogP contribution in [0.3, 0.4) is 0 Å². The van der Waals surface area contributed by atoms with Crippen LogP contribution in [0.4, 0.5) is 5.69 Å². The fraction of sp³-hybridized carbons (Fsp3) is 0.462. The van der Waals surface area contributed by atoms with Crippen molar-refractivity contribution in [2.24, 2.45) is 0 Å². The lowest BCUT2D eigenvalue weighted by Crippen LogP contribution is -2.50. The molecule has 0 N–H and O–H groups in total. The van der Waals surface area contributed by atoms with E-state index in [0.29, 0.717) is 6.54 Å². The molecular weight excluding hydrogens is 200 g/mol. The van der Waals surface area contributed by atoms with Gasteiger partial charge in [0.2, 0.25) is 5.91 Å². The van der Waals surface area contributed by atoms with E-state index in [2.05, 4.69) is 11.8 Å². The first-order valence-corrected chi connectivity index (χ1v) is 5.89. The molecule has 0 spiro atoms. The molecule has 1 aliphatic heterocycles. The van der Waals surface area contributed by atoms with Crippen molar-refractivity contribution in [2.75, 3.05) is 31.1 Å². The Morgan fingerprint density at radius 1 is 1.19 bits per heavy atom. The number of hydrogen-bond acceptors (Lipinski definition) is 2. The first kappa shape index (κ1) is 11.1. The van der Waals surface area contributed by atoms with Crippen LogP contribution in [0.1, 0.15) is 13.3 Å². The molecule has 1 heterocycles. The highest BCUT2D eigenvalue weighted by atomic mass is 16.2. The van der Waals surface area contributed by atoms with Crippen molar-refractivity contribution < 1.29 is 4.79 Å². The monoisotopic (exact) mass is 218 g/mol. The van der Waals surface area contributed by atoms with Crippen LogP contribution in [0.25, 0.3) is 0 Å². The molecular formula is C13H18N2O. The van der Waals surface area contributed by atoms with Gasteiger partial charge in [-0.3, -0.25) is 9.69 Å². The molecule has 0 aromatic heterocycles. The Kier molecular flexibility index (Phi) is 3.57. The van der Waals surface area contributed by atoms with Crippen LogP contribution in [-0.2, 0) is 4.79 Å². The number of benzene rings is 1. The number of anilines is 1. The number of para-hydroxylation sites is 1. The molecule has 1 fully saturated rings. The van der Waals surface area contributed by atoms with Crippen LogP contribution in [0.5, 0.6) is 0 Å². The zero-order valence-corrected chi connectivity index (χ0v) is 9.72. The van der Waals surface area contributed by atoms with Crippen molar-refractivity contribution in [3.63, 3.8) is 0 Å². The van der Waals surface area contributed by atoms with E-state index in [-0.39, 0.29) is 5.91 Å². The highest BCUT2D eigenvalue weighted by molar-refractivity contribution is 5.95. The number of piperazine rings is 1. The van der Waals surface area contributed by atoms with Gasteiger partial charge >= 0.3 is 0 Å². The molecule has 1 aromatic rings. The van der Waals surface area contributed by atoms with Gasteiger partial charge < -0.3 is 4.90 Å². The Balaban J connectivity index is 2.02. The zero-order chi connectivity index (χ0) is 11.4. The molecule has 2 rings (SSSR count). The smallest absolute Gasteiger partial charge is 0.241 e. The predicted molar refractivity (Wildman–Crippen MR) is 65.5 cm³/mol. The molecule has 0 unspecified atom stereocenters. The summed E-state index contributed by atoms with van der Waals surface area (Å²) >= 11 is 0. The van der Waals surface area contributed by atoms with Crippen LogP contribution in [0.15, 0.2) is 30.3 Å². The number of rotatable bonds is 3. The highest BCUT2D eigenvalue weighted by Gasteiger charge is 2.23. The van der Waals surface area contributed by atoms with Gasteiger partial charge in [-0.05, 0) is 25.1 Å². The second-order valence-corrected chi connectivity index (χ2v) is 4.16. The van der Waals surface area contributed by atoms with Gasteiger partial charge in [0.15, 0.2) is 0 Å². The lowest BCUT2D eigenvalue weighted by atomic mass is 10.2. The van der Waals surface area contributed by atoms with E-state index < -0.39 is 0 Å². The summed E-state index contributed by atoms with van der Waals surface area (Å²) in [6.45, 7) is 5.52. The van der Waals surface area contributed by atoms with E-state index >= 15 is 0 Å². The number of hydrogen-bond donors (Lipinski definition) is 0. The van der Waals surface area contributed by atoms with Gasteiger partial charge in [-0.1, -0.05) is 25.1 Å². The Morgan fingerprint density at radius 2 is 1.94 bits per heavy atom.